The summed E-state index contributed by atoms with van der Waals surface area (Å²) in [6.07, 6.45) is 1.75. The highest BCUT2D eigenvalue weighted by molar-refractivity contribution is 8.14. The lowest BCUT2D eigenvalue weighted by Gasteiger charge is -2.09. The van der Waals surface area contributed by atoms with Gasteiger partial charge in [0, 0.05) is 31.7 Å². The van der Waals surface area contributed by atoms with Gasteiger partial charge in [0.2, 0.25) is 0 Å². The molecular weight excluding hydrogens is 404 g/mol. The fourth-order valence-corrected chi connectivity index (χ4v) is 3.55. The van der Waals surface area contributed by atoms with Crippen molar-refractivity contribution in [3.63, 3.8) is 0 Å². The lowest BCUT2D eigenvalue weighted by atomic mass is 10.2. The van der Waals surface area contributed by atoms with Crippen LogP contribution in [0.15, 0.2) is 47.5 Å². The molecule has 0 spiro atoms. The van der Waals surface area contributed by atoms with E-state index in [1.54, 1.807) is 0 Å². The number of pyridine rings is 1. The van der Waals surface area contributed by atoms with Crippen LogP contribution in [0.4, 0.5) is 5.82 Å². The van der Waals surface area contributed by atoms with E-state index in [2.05, 4.69) is 9.71 Å². The van der Waals surface area contributed by atoms with Crippen LogP contribution in [0.5, 0.6) is 5.75 Å². The van der Waals surface area contributed by atoms with Gasteiger partial charge in [0.1, 0.15) is 11.6 Å². The lowest BCUT2D eigenvalue weighted by molar-refractivity contribution is -0.109. The zero-order valence-electron chi connectivity index (χ0n) is 15.1. The van der Waals surface area contributed by atoms with Crippen LogP contribution in [0.3, 0.4) is 0 Å². The van der Waals surface area contributed by atoms with Gasteiger partial charge in [-0.05, 0) is 36.4 Å². The zero-order chi connectivity index (χ0) is 20.6. The number of carbonyl (C=O) groups excluding carboxylic acids is 2. The van der Waals surface area contributed by atoms with Crippen LogP contribution in [-0.4, -0.2) is 48.4 Å². The van der Waals surface area contributed by atoms with Gasteiger partial charge in [-0.15, -0.1) is 0 Å². The van der Waals surface area contributed by atoms with E-state index in [4.69, 9.17) is 9.84 Å². The summed E-state index contributed by atoms with van der Waals surface area (Å²) in [4.78, 5) is 26.8. The summed E-state index contributed by atoms with van der Waals surface area (Å²) >= 11 is 0.903. The van der Waals surface area contributed by atoms with Crippen molar-refractivity contribution in [3.05, 3.63) is 48.2 Å². The molecule has 2 aromatic rings. The number of rotatable bonds is 10. The monoisotopic (exact) mass is 424 g/mol. The number of sulfonamides is 1. The van der Waals surface area contributed by atoms with Crippen molar-refractivity contribution in [2.45, 2.75) is 18.2 Å². The van der Waals surface area contributed by atoms with Gasteiger partial charge in [-0.2, -0.15) is 0 Å². The molecular formula is C18H20N2O6S2. The number of ketones is 1. The Morgan fingerprint density at radius 2 is 1.89 bits per heavy atom. The van der Waals surface area contributed by atoms with Crippen molar-refractivity contribution in [1.82, 2.24) is 4.98 Å². The predicted molar refractivity (Wildman–Crippen MR) is 106 cm³/mol. The maximum atomic E-state index is 12.4. The number of Topliss-reactive ketones (excluding diaryl/α,β-unsaturated/α-hetero) is 1. The second-order valence-corrected chi connectivity index (χ2v) is 8.47. The average Bonchev–Trinajstić information content (AvgIpc) is 2.67. The van der Waals surface area contributed by atoms with E-state index in [1.165, 1.54) is 49.5 Å². The highest BCUT2D eigenvalue weighted by Crippen LogP contribution is 2.19. The Morgan fingerprint density at radius 3 is 2.46 bits per heavy atom. The molecule has 0 atom stereocenters. The standard InChI is InChI=1S/C18H20N2O6S2/c1-13(22)27-12-17(23)14-3-8-18(19-11-14)20-28(24,25)16-6-4-15(5-7-16)26-10-2-9-21/h3-8,11,21H,2,9-10,12H2,1H3,(H,19,20). The Hall–Kier alpha value is -2.43. The van der Waals surface area contributed by atoms with Crippen LogP contribution < -0.4 is 9.46 Å². The molecule has 2 N–H and O–H groups in total. The molecule has 0 fully saturated rings. The number of aromatic nitrogens is 1. The van der Waals surface area contributed by atoms with Crippen LogP contribution in [0.25, 0.3) is 0 Å². The quantitative estimate of drug-likeness (QED) is 0.439. The van der Waals surface area contributed by atoms with Crippen molar-refractivity contribution in [1.29, 1.82) is 0 Å². The predicted octanol–water partition coefficient (Wildman–Crippen LogP) is 2.11. The summed E-state index contributed by atoms with van der Waals surface area (Å²) in [6.45, 7) is 1.73. The van der Waals surface area contributed by atoms with Crippen molar-refractivity contribution in [2.75, 3.05) is 23.7 Å². The number of benzene rings is 1. The molecule has 28 heavy (non-hydrogen) atoms. The van der Waals surface area contributed by atoms with Crippen LogP contribution in [0, 0.1) is 0 Å². The molecule has 0 aliphatic rings. The Kier molecular flexibility index (Phi) is 7.97. The summed E-state index contributed by atoms with van der Waals surface area (Å²) in [5.41, 5.74) is 0.293. The van der Waals surface area contributed by atoms with Gasteiger partial charge in [-0.1, -0.05) is 11.8 Å². The maximum absolute atomic E-state index is 12.4. The third-order valence-corrected chi connectivity index (χ3v) is 5.62. The molecule has 10 heteroatoms. The van der Waals surface area contributed by atoms with Gasteiger partial charge in [-0.25, -0.2) is 13.4 Å². The summed E-state index contributed by atoms with van der Waals surface area (Å²) in [7, 11) is -3.85. The first-order valence-corrected chi connectivity index (χ1v) is 10.8. The third kappa shape index (κ3) is 6.63. The Balaban J connectivity index is 2.01. The minimum atomic E-state index is -3.85. The van der Waals surface area contributed by atoms with Gasteiger partial charge in [-0.3, -0.25) is 14.3 Å². The van der Waals surface area contributed by atoms with Gasteiger partial charge < -0.3 is 9.84 Å². The Labute approximate surface area is 167 Å². The first-order valence-electron chi connectivity index (χ1n) is 8.31. The van der Waals surface area contributed by atoms with Gasteiger partial charge in [0.05, 0.1) is 17.3 Å². The van der Waals surface area contributed by atoms with Crippen molar-refractivity contribution in [3.8, 4) is 5.75 Å². The molecule has 0 radical (unpaired) electrons. The van der Waals surface area contributed by atoms with Gasteiger partial charge >= 0.3 is 0 Å². The normalized spacial score (nSPS) is 11.1. The average molecular weight is 425 g/mol. The number of nitrogens with zero attached hydrogens (tertiary/aromatic N) is 1. The van der Waals surface area contributed by atoms with E-state index in [0.717, 1.165) is 11.8 Å². The smallest absolute Gasteiger partial charge is 0.263 e. The number of aliphatic hydroxyl groups excluding tert-OH is 1. The second kappa shape index (κ2) is 10.2. The molecule has 1 heterocycles. The number of ether oxygens (including phenoxy) is 1. The third-order valence-electron chi connectivity index (χ3n) is 3.44. The van der Waals surface area contributed by atoms with E-state index in [1.807, 2.05) is 0 Å². The number of thioether (sulfide) groups is 1. The maximum Gasteiger partial charge on any atom is 0.263 e. The van der Waals surface area contributed by atoms with Gasteiger partial charge in [0.15, 0.2) is 10.9 Å². The molecule has 0 unspecified atom stereocenters. The van der Waals surface area contributed by atoms with E-state index in [0.29, 0.717) is 24.3 Å². The van der Waals surface area contributed by atoms with Crippen molar-refractivity contribution < 1.29 is 27.9 Å². The number of hydrogen-bond acceptors (Lipinski definition) is 8. The van der Waals surface area contributed by atoms with Crippen LogP contribution in [0.2, 0.25) is 0 Å². The van der Waals surface area contributed by atoms with Crippen LogP contribution in [-0.2, 0) is 14.8 Å². The molecule has 0 amide bonds. The SMILES string of the molecule is CC(=O)SCC(=O)c1ccc(NS(=O)(=O)c2ccc(OCCCO)cc2)nc1. The fourth-order valence-electron chi connectivity index (χ4n) is 2.04. The molecule has 1 aromatic heterocycles. The number of carbonyl (C=O) groups is 2. The molecule has 0 saturated heterocycles. The first kappa shape index (κ1) is 21.9. The highest BCUT2D eigenvalue weighted by atomic mass is 32.2. The van der Waals surface area contributed by atoms with E-state index >= 15 is 0 Å². The minimum absolute atomic E-state index is 0.00874. The molecule has 8 nitrogen and oxygen atoms in total. The summed E-state index contributed by atoms with van der Waals surface area (Å²) in [6, 6.07) is 8.67. The van der Waals surface area contributed by atoms with Crippen molar-refractivity contribution in [2.24, 2.45) is 0 Å². The number of nitrogens with one attached hydrogen (secondary N) is 1. The topological polar surface area (TPSA) is 123 Å². The lowest BCUT2D eigenvalue weighted by Crippen LogP contribution is -2.14. The molecule has 1 aromatic carbocycles. The number of aliphatic hydroxyl groups is 1. The summed E-state index contributed by atoms with van der Waals surface area (Å²) in [5, 5.41) is 8.57. The Bertz CT molecular complexity index is 912. The van der Waals surface area contributed by atoms with E-state index < -0.39 is 10.0 Å². The Morgan fingerprint density at radius 1 is 1.18 bits per heavy atom. The minimum Gasteiger partial charge on any atom is -0.494 e. The largest absolute Gasteiger partial charge is 0.494 e. The first-order chi connectivity index (χ1) is 13.3. The highest BCUT2D eigenvalue weighted by Gasteiger charge is 2.16. The fraction of sp³-hybridized carbons (Fsp3) is 0.278. The molecule has 150 valence electrons. The van der Waals surface area contributed by atoms with Crippen LogP contribution in [0.1, 0.15) is 23.7 Å². The van der Waals surface area contributed by atoms with Crippen LogP contribution >= 0.6 is 11.8 Å². The molecule has 0 aliphatic carbocycles. The number of hydrogen-bond donors (Lipinski definition) is 2. The second-order valence-electron chi connectivity index (χ2n) is 5.64. The van der Waals surface area contributed by atoms with E-state index in [9.17, 15) is 18.0 Å². The summed E-state index contributed by atoms with van der Waals surface area (Å²) in [5.74, 6) is 0.309. The number of anilines is 1. The molecule has 0 aliphatic heterocycles. The van der Waals surface area contributed by atoms with Gasteiger partial charge in [0.25, 0.3) is 10.0 Å². The molecule has 0 bridgehead atoms. The zero-order valence-corrected chi connectivity index (χ0v) is 16.8. The molecule has 0 saturated carbocycles. The molecule has 2 rings (SSSR count). The van der Waals surface area contributed by atoms with Crippen molar-refractivity contribution >= 4 is 38.5 Å². The van der Waals surface area contributed by atoms with E-state index in [-0.39, 0.29) is 34.0 Å². The summed E-state index contributed by atoms with van der Waals surface area (Å²) < 4.78 is 32.6.